The molecule has 122 valence electrons. The third-order valence-electron chi connectivity index (χ3n) is 4.92. The molecule has 4 heteroatoms. The molecule has 0 saturated carbocycles. The Kier molecular flexibility index (Phi) is 4.03. The Balaban J connectivity index is 1.42. The molecule has 1 saturated heterocycles. The number of hydrogen-bond donors (Lipinski definition) is 0. The fourth-order valence-electron chi connectivity index (χ4n) is 3.57. The Labute approximate surface area is 141 Å². The van der Waals surface area contributed by atoms with E-state index in [9.17, 15) is 4.79 Å². The van der Waals surface area contributed by atoms with Crippen molar-refractivity contribution in [1.29, 1.82) is 0 Å². The molecule has 0 N–H and O–H groups in total. The van der Waals surface area contributed by atoms with Gasteiger partial charge in [-0.15, -0.1) is 0 Å². The predicted octanol–water partition coefficient (Wildman–Crippen LogP) is 3.43. The van der Waals surface area contributed by atoms with Crippen LogP contribution in [0.2, 0.25) is 0 Å². The van der Waals surface area contributed by atoms with Crippen LogP contribution < -0.4 is 0 Å². The molecule has 1 aliphatic rings. The molecule has 0 spiro atoms. The van der Waals surface area contributed by atoms with E-state index in [0.717, 1.165) is 38.0 Å². The van der Waals surface area contributed by atoms with E-state index in [2.05, 4.69) is 35.3 Å². The number of fused-ring (bicyclic) bond motifs is 1. The number of benzene rings is 1. The maximum atomic E-state index is 12.8. The first-order valence-electron chi connectivity index (χ1n) is 8.56. The molecule has 0 radical (unpaired) electrons. The zero-order valence-corrected chi connectivity index (χ0v) is 13.6. The van der Waals surface area contributed by atoms with Gasteiger partial charge >= 0.3 is 0 Å². The van der Waals surface area contributed by atoms with E-state index in [-0.39, 0.29) is 5.91 Å². The van der Waals surface area contributed by atoms with Crippen LogP contribution in [0.3, 0.4) is 0 Å². The Morgan fingerprint density at radius 1 is 1.04 bits per heavy atom. The molecule has 4 nitrogen and oxygen atoms in total. The van der Waals surface area contributed by atoms with Crippen molar-refractivity contribution in [3.63, 3.8) is 0 Å². The second-order valence-corrected chi connectivity index (χ2v) is 6.51. The van der Waals surface area contributed by atoms with Crippen LogP contribution >= 0.6 is 0 Å². The van der Waals surface area contributed by atoms with Crippen LogP contribution in [0.15, 0.2) is 61.1 Å². The lowest BCUT2D eigenvalue weighted by molar-refractivity contribution is 0.0692. The summed E-state index contributed by atoms with van der Waals surface area (Å²) in [5.74, 6) is 0.767. The predicted molar refractivity (Wildman–Crippen MR) is 94.0 cm³/mol. The summed E-state index contributed by atoms with van der Waals surface area (Å²) in [6.07, 6.45) is 8.77. The minimum atomic E-state index is 0.102. The molecule has 3 aromatic rings. The quantitative estimate of drug-likeness (QED) is 0.742. The van der Waals surface area contributed by atoms with Gasteiger partial charge in [-0.1, -0.05) is 30.3 Å². The highest BCUT2D eigenvalue weighted by Gasteiger charge is 2.25. The van der Waals surface area contributed by atoms with Gasteiger partial charge in [0.25, 0.3) is 5.91 Å². The standard InChI is InChI=1S/C20H21N3O/c24-20(18-7-4-11-22-14-10-21-19(18)22)23-12-8-17(9-13-23)15-16-5-2-1-3-6-16/h1-7,10-11,14,17H,8-9,12-13,15H2. The average Bonchev–Trinajstić information content (AvgIpc) is 3.11. The molecule has 0 bridgehead atoms. The summed E-state index contributed by atoms with van der Waals surface area (Å²) < 4.78 is 1.90. The third kappa shape index (κ3) is 2.92. The maximum Gasteiger partial charge on any atom is 0.257 e. The molecule has 1 aromatic carbocycles. The van der Waals surface area contributed by atoms with Crippen molar-refractivity contribution in [3.8, 4) is 0 Å². The van der Waals surface area contributed by atoms with E-state index >= 15 is 0 Å². The van der Waals surface area contributed by atoms with E-state index in [4.69, 9.17) is 0 Å². The summed E-state index contributed by atoms with van der Waals surface area (Å²) in [5, 5.41) is 0. The van der Waals surface area contributed by atoms with Crippen molar-refractivity contribution in [2.75, 3.05) is 13.1 Å². The lowest BCUT2D eigenvalue weighted by atomic mass is 9.90. The zero-order chi connectivity index (χ0) is 16.4. The fourth-order valence-corrected chi connectivity index (χ4v) is 3.57. The van der Waals surface area contributed by atoms with Gasteiger partial charge in [-0.05, 0) is 42.9 Å². The number of imidazole rings is 1. The van der Waals surface area contributed by atoms with Gasteiger partial charge in [-0.3, -0.25) is 4.79 Å². The summed E-state index contributed by atoms with van der Waals surface area (Å²) in [4.78, 5) is 19.1. The number of piperidine rings is 1. The minimum absolute atomic E-state index is 0.102. The van der Waals surface area contributed by atoms with Crippen LogP contribution in [0, 0.1) is 5.92 Å². The number of hydrogen-bond acceptors (Lipinski definition) is 2. The van der Waals surface area contributed by atoms with Crippen LogP contribution in [0.4, 0.5) is 0 Å². The van der Waals surface area contributed by atoms with Crippen molar-refractivity contribution in [2.24, 2.45) is 5.92 Å². The number of rotatable bonds is 3. The number of aromatic nitrogens is 2. The van der Waals surface area contributed by atoms with Crippen LogP contribution in [-0.2, 0) is 6.42 Å². The van der Waals surface area contributed by atoms with Gasteiger partial charge in [0.1, 0.15) is 5.65 Å². The number of nitrogens with zero attached hydrogens (tertiary/aromatic N) is 3. The molecule has 1 amide bonds. The van der Waals surface area contributed by atoms with Gasteiger partial charge in [0.05, 0.1) is 5.56 Å². The van der Waals surface area contributed by atoms with E-state index in [1.165, 1.54) is 5.56 Å². The Morgan fingerprint density at radius 2 is 1.83 bits per heavy atom. The van der Waals surface area contributed by atoms with Crippen molar-refractivity contribution in [1.82, 2.24) is 14.3 Å². The van der Waals surface area contributed by atoms with Gasteiger partial charge in [-0.25, -0.2) is 4.98 Å². The lowest BCUT2D eigenvalue weighted by Crippen LogP contribution is -2.39. The summed E-state index contributed by atoms with van der Waals surface area (Å²) in [6, 6.07) is 14.4. The SMILES string of the molecule is O=C(c1cccn2ccnc12)N1CCC(Cc2ccccc2)CC1. The molecule has 1 aliphatic heterocycles. The molecule has 4 rings (SSSR count). The smallest absolute Gasteiger partial charge is 0.257 e. The maximum absolute atomic E-state index is 12.8. The molecular weight excluding hydrogens is 298 g/mol. The van der Waals surface area contributed by atoms with Crippen LogP contribution in [0.25, 0.3) is 5.65 Å². The van der Waals surface area contributed by atoms with Crippen LogP contribution in [0.1, 0.15) is 28.8 Å². The van der Waals surface area contributed by atoms with Gasteiger partial charge < -0.3 is 9.30 Å². The van der Waals surface area contributed by atoms with Gasteiger partial charge in [0.15, 0.2) is 0 Å². The van der Waals surface area contributed by atoms with Gasteiger partial charge in [-0.2, -0.15) is 0 Å². The van der Waals surface area contributed by atoms with E-state index in [0.29, 0.717) is 11.5 Å². The Morgan fingerprint density at radius 3 is 2.62 bits per heavy atom. The molecule has 0 unspecified atom stereocenters. The number of carbonyl (C=O) groups excluding carboxylic acids is 1. The second kappa shape index (κ2) is 6.48. The normalized spacial score (nSPS) is 15.8. The van der Waals surface area contributed by atoms with Crippen molar-refractivity contribution >= 4 is 11.6 Å². The van der Waals surface area contributed by atoms with Crippen LogP contribution in [0.5, 0.6) is 0 Å². The molecule has 24 heavy (non-hydrogen) atoms. The largest absolute Gasteiger partial charge is 0.339 e. The van der Waals surface area contributed by atoms with Crippen molar-refractivity contribution in [2.45, 2.75) is 19.3 Å². The number of likely N-dealkylation sites (tertiary alicyclic amines) is 1. The molecular formula is C20H21N3O. The molecule has 0 aliphatic carbocycles. The first kappa shape index (κ1) is 14.9. The van der Waals surface area contributed by atoms with Crippen molar-refractivity contribution < 1.29 is 4.79 Å². The molecule has 3 heterocycles. The minimum Gasteiger partial charge on any atom is -0.339 e. The molecule has 2 aromatic heterocycles. The van der Waals surface area contributed by atoms with Crippen molar-refractivity contribution in [3.05, 3.63) is 72.2 Å². The second-order valence-electron chi connectivity index (χ2n) is 6.51. The summed E-state index contributed by atoms with van der Waals surface area (Å²) >= 11 is 0. The fraction of sp³-hybridized carbons (Fsp3) is 0.300. The number of pyridine rings is 1. The third-order valence-corrected chi connectivity index (χ3v) is 4.92. The monoisotopic (exact) mass is 319 g/mol. The first-order valence-corrected chi connectivity index (χ1v) is 8.56. The highest BCUT2D eigenvalue weighted by atomic mass is 16.2. The Bertz CT molecular complexity index is 832. The van der Waals surface area contributed by atoms with Gasteiger partial charge in [0.2, 0.25) is 0 Å². The molecule has 1 fully saturated rings. The highest BCUT2D eigenvalue weighted by molar-refractivity contribution is 5.99. The van der Waals surface area contributed by atoms with Gasteiger partial charge in [0, 0.05) is 31.7 Å². The van der Waals surface area contributed by atoms with E-state index in [1.54, 1.807) is 6.20 Å². The average molecular weight is 319 g/mol. The zero-order valence-electron chi connectivity index (χ0n) is 13.6. The number of amides is 1. The summed E-state index contributed by atoms with van der Waals surface area (Å²) in [7, 11) is 0. The first-order chi connectivity index (χ1) is 11.8. The van der Waals surface area contributed by atoms with Crippen LogP contribution in [-0.4, -0.2) is 33.3 Å². The van der Waals surface area contributed by atoms with E-state index in [1.807, 2.05) is 33.8 Å². The van der Waals surface area contributed by atoms with E-state index < -0.39 is 0 Å². The summed E-state index contributed by atoms with van der Waals surface area (Å²) in [6.45, 7) is 1.66. The lowest BCUT2D eigenvalue weighted by Gasteiger charge is -2.32. The number of carbonyl (C=O) groups is 1. The summed E-state index contributed by atoms with van der Waals surface area (Å²) in [5.41, 5.74) is 2.84. The topological polar surface area (TPSA) is 37.6 Å². The molecule has 0 atom stereocenters. The Hall–Kier alpha value is -2.62. The highest BCUT2D eigenvalue weighted by Crippen LogP contribution is 2.23.